The normalized spacial score (nSPS) is 9.90. The van der Waals surface area contributed by atoms with Crippen LogP contribution in [0.1, 0.15) is 6.92 Å². The van der Waals surface area contributed by atoms with E-state index in [1.54, 1.807) is 25.1 Å². The summed E-state index contributed by atoms with van der Waals surface area (Å²) < 4.78 is 10.2. The minimum atomic E-state index is -1.06. The van der Waals surface area contributed by atoms with Crippen molar-refractivity contribution in [2.45, 2.75) is 11.8 Å². The van der Waals surface area contributed by atoms with Gasteiger partial charge in [0.2, 0.25) is 0 Å². The quantitative estimate of drug-likeness (QED) is 0.504. The average Bonchev–Trinajstić information content (AvgIpc) is 2.42. The molecule has 0 fully saturated rings. The highest BCUT2D eigenvalue weighted by molar-refractivity contribution is 8.00. The number of hydrogen-bond donors (Lipinski definition) is 3. The molecule has 0 radical (unpaired) electrons. The zero-order valence-electron chi connectivity index (χ0n) is 11.2. The number of benzene rings is 1. The first-order chi connectivity index (χ1) is 9.43. The molecule has 0 bridgehead atoms. The van der Waals surface area contributed by atoms with Crippen molar-refractivity contribution in [2.75, 3.05) is 19.5 Å². The maximum atomic E-state index is 10.5. The minimum Gasteiger partial charge on any atom is -0.493 e. The molecule has 1 rings (SSSR count). The Morgan fingerprint density at radius 1 is 1.35 bits per heavy atom. The van der Waals surface area contributed by atoms with Gasteiger partial charge in [0.25, 0.3) is 0 Å². The van der Waals surface area contributed by atoms with Crippen molar-refractivity contribution in [3.05, 3.63) is 18.2 Å². The molecule has 1 aromatic rings. The Morgan fingerprint density at radius 3 is 2.60 bits per heavy atom. The number of rotatable bonds is 8. The monoisotopic (exact) mass is 296 g/mol. The van der Waals surface area contributed by atoms with Gasteiger partial charge in [0.15, 0.2) is 18.1 Å². The standard InChI is InChI=1S/C13H16N2O4S/c1-8(14)10(15)7-20-9-3-4-11(12(5-9)18-2)19-6-13(16)17/h3-5,14-15H,6-7H2,1-2H3,(H,16,17). The number of hydrogen-bond acceptors (Lipinski definition) is 6. The largest absolute Gasteiger partial charge is 0.493 e. The Hall–Kier alpha value is -2.02. The summed E-state index contributed by atoms with van der Waals surface area (Å²) in [4.78, 5) is 11.3. The van der Waals surface area contributed by atoms with E-state index in [0.29, 0.717) is 17.3 Å². The number of ether oxygens (including phenoxy) is 2. The van der Waals surface area contributed by atoms with Gasteiger partial charge in [-0.15, -0.1) is 11.8 Å². The van der Waals surface area contributed by atoms with Crippen molar-refractivity contribution in [1.29, 1.82) is 10.8 Å². The van der Waals surface area contributed by atoms with E-state index in [2.05, 4.69) is 0 Å². The Bertz CT molecular complexity index is 531. The first-order valence-corrected chi connectivity index (χ1v) is 6.71. The summed E-state index contributed by atoms with van der Waals surface area (Å²) in [5.41, 5.74) is 0.506. The first kappa shape index (κ1) is 16.0. The van der Waals surface area contributed by atoms with E-state index in [9.17, 15) is 4.79 Å². The van der Waals surface area contributed by atoms with Crippen molar-refractivity contribution in [3.63, 3.8) is 0 Å². The van der Waals surface area contributed by atoms with Crippen LogP contribution in [0.4, 0.5) is 0 Å². The molecule has 1 aromatic carbocycles. The molecule has 0 aliphatic rings. The van der Waals surface area contributed by atoms with Crippen LogP contribution in [0, 0.1) is 10.8 Å². The van der Waals surface area contributed by atoms with Crippen LogP contribution in [-0.4, -0.2) is 42.0 Å². The molecule has 0 unspecified atom stereocenters. The zero-order chi connectivity index (χ0) is 15.1. The van der Waals surface area contributed by atoms with E-state index in [-0.39, 0.29) is 11.4 Å². The molecular formula is C13H16N2O4S. The summed E-state index contributed by atoms with van der Waals surface area (Å²) in [5, 5.41) is 23.5. The Morgan fingerprint density at radius 2 is 2.05 bits per heavy atom. The molecular weight excluding hydrogens is 280 g/mol. The number of methoxy groups -OCH3 is 1. The summed E-state index contributed by atoms with van der Waals surface area (Å²) in [5.74, 6) is 0.140. The summed E-state index contributed by atoms with van der Waals surface area (Å²) >= 11 is 1.40. The fraction of sp³-hybridized carbons (Fsp3) is 0.308. The molecule has 3 N–H and O–H groups in total. The number of carboxylic acids is 1. The highest BCUT2D eigenvalue weighted by Gasteiger charge is 2.09. The van der Waals surface area contributed by atoms with Gasteiger partial charge in [-0.2, -0.15) is 0 Å². The zero-order valence-corrected chi connectivity index (χ0v) is 12.0. The van der Waals surface area contributed by atoms with E-state index < -0.39 is 12.6 Å². The molecule has 20 heavy (non-hydrogen) atoms. The van der Waals surface area contributed by atoms with Crippen LogP contribution in [0.3, 0.4) is 0 Å². The summed E-state index contributed by atoms with van der Waals surface area (Å²) in [6.45, 7) is 1.15. The molecule has 7 heteroatoms. The van der Waals surface area contributed by atoms with Gasteiger partial charge in [0.05, 0.1) is 12.8 Å². The third kappa shape index (κ3) is 4.93. The van der Waals surface area contributed by atoms with E-state index in [1.165, 1.54) is 18.9 Å². The summed E-state index contributed by atoms with van der Waals surface area (Å²) in [6.07, 6.45) is 0. The number of aliphatic carboxylic acids is 1. The van der Waals surface area contributed by atoms with Crippen molar-refractivity contribution in [1.82, 2.24) is 0 Å². The van der Waals surface area contributed by atoms with E-state index >= 15 is 0 Å². The van der Waals surface area contributed by atoms with Crippen LogP contribution in [0.25, 0.3) is 0 Å². The Balaban J connectivity index is 2.73. The van der Waals surface area contributed by atoms with Gasteiger partial charge in [0, 0.05) is 16.4 Å². The van der Waals surface area contributed by atoms with Gasteiger partial charge in [-0.25, -0.2) is 4.79 Å². The Labute approximate surface area is 121 Å². The van der Waals surface area contributed by atoms with E-state index in [0.717, 1.165) is 4.90 Å². The Kier molecular flexibility index (Phi) is 6.05. The number of carboxylic acid groups (broad SMARTS) is 1. The maximum absolute atomic E-state index is 10.5. The third-order valence-corrected chi connectivity index (χ3v) is 3.34. The number of carbonyl (C=O) groups is 1. The SMILES string of the molecule is COc1cc(SCC(=N)C(C)=N)ccc1OCC(=O)O. The van der Waals surface area contributed by atoms with Crippen molar-refractivity contribution in [2.24, 2.45) is 0 Å². The van der Waals surface area contributed by atoms with Crippen molar-refractivity contribution in [3.8, 4) is 11.5 Å². The second kappa shape index (κ2) is 7.54. The van der Waals surface area contributed by atoms with Gasteiger partial charge < -0.3 is 25.4 Å². The molecule has 0 saturated carbocycles. The fourth-order valence-electron chi connectivity index (χ4n) is 1.26. The number of thioether (sulfide) groups is 1. The van der Waals surface area contributed by atoms with Crippen LogP contribution in [0.2, 0.25) is 0 Å². The molecule has 0 amide bonds. The third-order valence-electron chi connectivity index (χ3n) is 2.32. The predicted molar refractivity (Wildman–Crippen MR) is 78.0 cm³/mol. The molecule has 108 valence electrons. The highest BCUT2D eigenvalue weighted by atomic mass is 32.2. The topological polar surface area (TPSA) is 103 Å². The van der Waals surface area contributed by atoms with E-state index in [4.69, 9.17) is 25.4 Å². The molecule has 0 spiro atoms. The second-order valence-corrected chi connectivity index (χ2v) is 4.94. The van der Waals surface area contributed by atoms with Gasteiger partial charge in [-0.1, -0.05) is 0 Å². The summed E-state index contributed by atoms with van der Waals surface area (Å²) in [7, 11) is 1.47. The van der Waals surface area contributed by atoms with Crippen molar-refractivity contribution >= 4 is 29.2 Å². The lowest BCUT2D eigenvalue weighted by molar-refractivity contribution is -0.139. The first-order valence-electron chi connectivity index (χ1n) is 5.72. The molecule has 6 nitrogen and oxygen atoms in total. The van der Waals surface area contributed by atoms with Gasteiger partial charge in [0.1, 0.15) is 0 Å². The molecule has 0 atom stereocenters. The maximum Gasteiger partial charge on any atom is 0.341 e. The molecule has 0 saturated heterocycles. The average molecular weight is 296 g/mol. The fourth-order valence-corrected chi connectivity index (χ4v) is 2.14. The van der Waals surface area contributed by atoms with Gasteiger partial charge in [-0.05, 0) is 25.1 Å². The number of nitrogens with one attached hydrogen (secondary N) is 2. The van der Waals surface area contributed by atoms with E-state index in [1.807, 2.05) is 0 Å². The van der Waals surface area contributed by atoms with Crippen molar-refractivity contribution < 1.29 is 19.4 Å². The molecule has 0 aliphatic carbocycles. The minimum absolute atomic E-state index is 0.242. The molecule has 0 heterocycles. The van der Waals surface area contributed by atoms with Crippen LogP contribution in [-0.2, 0) is 4.79 Å². The van der Waals surface area contributed by atoms with Gasteiger partial charge in [-0.3, -0.25) is 0 Å². The predicted octanol–water partition coefficient (Wildman–Crippen LogP) is 2.31. The lowest BCUT2D eigenvalue weighted by atomic mass is 10.3. The van der Waals surface area contributed by atoms with Crippen LogP contribution < -0.4 is 9.47 Å². The van der Waals surface area contributed by atoms with Crippen LogP contribution in [0.15, 0.2) is 23.1 Å². The summed E-state index contributed by atoms with van der Waals surface area (Å²) in [6, 6.07) is 5.11. The smallest absolute Gasteiger partial charge is 0.341 e. The molecule has 0 aliphatic heterocycles. The lowest BCUT2D eigenvalue weighted by Gasteiger charge is -2.10. The van der Waals surface area contributed by atoms with Crippen LogP contribution >= 0.6 is 11.8 Å². The highest BCUT2D eigenvalue weighted by Crippen LogP contribution is 2.32. The molecule has 0 aromatic heterocycles. The lowest BCUT2D eigenvalue weighted by Crippen LogP contribution is -2.10. The van der Waals surface area contributed by atoms with Crippen LogP contribution in [0.5, 0.6) is 11.5 Å². The second-order valence-electron chi connectivity index (χ2n) is 3.89. The van der Waals surface area contributed by atoms with Gasteiger partial charge >= 0.3 is 5.97 Å².